The van der Waals surface area contributed by atoms with E-state index in [1.165, 1.54) is 11.1 Å². The molecule has 0 bridgehead atoms. The highest BCUT2D eigenvalue weighted by molar-refractivity contribution is 5.98. The largest absolute Gasteiger partial charge is 0.396 e. The maximum Gasteiger partial charge on any atom is 0.255 e. The van der Waals surface area contributed by atoms with E-state index >= 15 is 0 Å². The summed E-state index contributed by atoms with van der Waals surface area (Å²) < 4.78 is 0. The summed E-state index contributed by atoms with van der Waals surface area (Å²) in [5.41, 5.74) is 5.69. The molecule has 0 saturated heterocycles. The number of aliphatic hydroxyl groups excluding tert-OH is 1. The lowest BCUT2D eigenvalue weighted by atomic mass is 9.95. The second kappa shape index (κ2) is 7.18. The molecule has 0 aliphatic carbocycles. The molecule has 0 aromatic heterocycles. The lowest BCUT2D eigenvalue weighted by Gasteiger charge is -2.28. The van der Waals surface area contributed by atoms with Gasteiger partial charge in [-0.2, -0.15) is 0 Å². The van der Waals surface area contributed by atoms with Gasteiger partial charge in [-0.3, -0.25) is 4.79 Å². The number of nitrogens with zero attached hydrogens (tertiary/aromatic N) is 1. The fourth-order valence-electron chi connectivity index (χ4n) is 3.68. The number of rotatable bonds is 6. The third-order valence-electron chi connectivity index (χ3n) is 5.00. The van der Waals surface area contributed by atoms with Crippen molar-refractivity contribution in [3.8, 4) is 0 Å². The van der Waals surface area contributed by atoms with Gasteiger partial charge in [-0.25, -0.2) is 0 Å². The van der Waals surface area contributed by atoms with Crippen molar-refractivity contribution in [2.45, 2.75) is 45.7 Å². The third kappa shape index (κ3) is 2.96. The predicted molar refractivity (Wildman–Crippen MR) is 96.0 cm³/mol. The van der Waals surface area contributed by atoms with Crippen LogP contribution in [-0.2, 0) is 19.4 Å². The average molecular weight is 323 g/mol. The molecule has 3 rings (SSSR count). The molecule has 1 atom stereocenters. The summed E-state index contributed by atoms with van der Waals surface area (Å²) in [4.78, 5) is 14.7. The van der Waals surface area contributed by atoms with E-state index in [0.717, 1.165) is 29.5 Å². The minimum absolute atomic E-state index is 0.0710. The minimum atomic E-state index is -0.0777. The zero-order chi connectivity index (χ0) is 17.1. The van der Waals surface area contributed by atoms with Crippen molar-refractivity contribution in [3.05, 3.63) is 70.3 Å². The quantitative estimate of drug-likeness (QED) is 0.876. The molecular weight excluding hydrogens is 298 g/mol. The number of amides is 1. The van der Waals surface area contributed by atoms with Crippen LogP contribution in [0, 0.1) is 0 Å². The lowest BCUT2D eigenvalue weighted by Crippen LogP contribution is -2.30. The molecule has 2 aromatic carbocycles. The number of benzene rings is 2. The maximum atomic E-state index is 12.8. The Balaban J connectivity index is 1.95. The number of hydrogen-bond donors (Lipinski definition) is 1. The predicted octanol–water partition coefficient (Wildman–Crippen LogP) is 3.89. The first kappa shape index (κ1) is 16.7. The van der Waals surface area contributed by atoms with Gasteiger partial charge in [0.15, 0.2) is 0 Å². The number of carbonyl (C=O) groups excluding carboxylic acids is 1. The van der Waals surface area contributed by atoms with Crippen LogP contribution in [0.5, 0.6) is 0 Å². The second-order valence-electron chi connectivity index (χ2n) is 6.35. The number of carbonyl (C=O) groups is 1. The lowest BCUT2D eigenvalue weighted by molar-refractivity contribution is 0.0671. The molecule has 1 aliphatic rings. The van der Waals surface area contributed by atoms with Gasteiger partial charge >= 0.3 is 0 Å². The molecule has 126 valence electrons. The molecule has 1 amide bonds. The standard InChI is InChI=1S/C21H25NO2/c1-3-15-9-10-17(13-16(15)4-2)20(11-12-23)22-14-18-7-5-6-8-19(18)21(22)24/h5-10,13,20,23H,3-4,11-12,14H2,1-2H3. The third-order valence-corrected chi connectivity index (χ3v) is 5.00. The highest BCUT2D eigenvalue weighted by atomic mass is 16.3. The van der Waals surface area contributed by atoms with Crippen molar-refractivity contribution >= 4 is 5.91 Å². The van der Waals surface area contributed by atoms with Crippen LogP contribution in [0.1, 0.15) is 58.9 Å². The molecule has 2 aromatic rings. The smallest absolute Gasteiger partial charge is 0.255 e. The summed E-state index contributed by atoms with van der Waals surface area (Å²) in [6.45, 7) is 5.02. The van der Waals surface area contributed by atoms with E-state index in [4.69, 9.17) is 0 Å². The maximum absolute atomic E-state index is 12.8. The van der Waals surface area contributed by atoms with Crippen molar-refractivity contribution in [2.24, 2.45) is 0 Å². The number of hydrogen-bond acceptors (Lipinski definition) is 2. The van der Waals surface area contributed by atoms with Crippen LogP contribution in [0.3, 0.4) is 0 Å². The first-order valence-electron chi connectivity index (χ1n) is 8.81. The minimum Gasteiger partial charge on any atom is -0.396 e. The summed E-state index contributed by atoms with van der Waals surface area (Å²) in [7, 11) is 0. The Morgan fingerprint density at radius 2 is 1.83 bits per heavy atom. The Hall–Kier alpha value is -2.13. The highest BCUT2D eigenvalue weighted by Crippen LogP contribution is 2.34. The number of fused-ring (bicyclic) bond motifs is 1. The molecule has 1 unspecified atom stereocenters. The fraction of sp³-hybridized carbons (Fsp3) is 0.381. The molecule has 3 heteroatoms. The van der Waals surface area contributed by atoms with Crippen LogP contribution in [0.25, 0.3) is 0 Å². The van der Waals surface area contributed by atoms with Crippen LogP contribution in [0.4, 0.5) is 0 Å². The van der Waals surface area contributed by atoms with Crippen LogP contribution in [0.2, 0.25) is 0 Å². The van der Waals surface area contributed by atoms with Crippen LogP contribution in [0.15, 0.2) is 42.5 Å². The van der Waals surface area contributed by atoms with Crippen molar-refractivity contribution < 1.29 is 9.90 Å². The molecule has 0 fully saturated rings. The van der Waals surface area contributed by atoms with Crippen molar-refractivity contribution in [3.63, 3.8) is 0 Å². The first-order chi connectivity index (χ1) is 11.7. The molecule has 1 N–H and O–H groups in total. The number of aryl methyl sites for hydroxylation is 2. The van der Waals surface area contributed by atoms with Gasteiger partial charge in [0.1, 0.15) is 0 Å². The van der Waals surface area contributed by atoms with Crippen molar-refractivity contribution in [2.75, 3.05) is 6.61 Å². The van der Waals surface area contributed by atoms with Gasteiger partial charge in [-0.15, -0.1) is 0 Å². The molecule has 24 heavy (non-hydrogen) atoms. The fourth-order valence-corrected chi connectivity index (χ4v) is 3.68. The van der Waals surface area contributed by atoms with E-state index in [2.05, 4.69) is 32.0 Å². The van der Waals surface area contributed by atoms with Crippen LogP contribution in [-0.4, -0.2) is 22.5 Å². The average Bonchev–Trinajstić information content (AvgIpc) is 2.96. The Morgan fingerprint density at radius 1 is 1.08 bits per heavy atom. The molecule has 0 saturated carbocycles. The van der Waals surface area contributed by atoms with E-state index in [9.17, 15) is 9.90 Å². The molecule has 1 aliphatic heterocycles. The van der Waals surface area contributed by atoms with Gasteiger partial charge in [0.2, 0.25) is 0 Å². The molecule has 1 heterocycles. The molecule has 0 radical (unpaired) electrons. The zero-order valence-corrected chi connectivity index (χ0v) is 14.5. The van der Waals surface area contributed by atoms with Crippen molar-refractivity contribution in [1.29, 1.82) is 0 Å². The number of aliphatic hydroxyl groups is 1. The zero-order valence-electron chi connectivity index (χ0n) is 14.5. The molecule has 0 spiro atoms. The topological polar surface area (TPSA) is 40.5 Å². The van der Waals surface area contributed by atoms with Crippen molar-refractivity contribution in [1.82, 2.24) is 4.90 Å². The van der Waals surface area contributed by atoms with Gasteiger partial charge in [-0.05, 0) is 47.6 Å². The summed E-state index contributed by atoms with van der Waals surface area (Å²) in [5, 5.41) is 9.55. The van der Waals surface area contributed by atoms with Gasteiger partial charge in [0.05, 0.1) is 6.04 Å². The Morgan fingerprint density at radius 3 is 2.50 bits per heavy atom. The summed E-state index contributed by atoms with van der Waals surface area (Å²) in [6, 6.07) is 14.2. The van der Waals surface area contributed by atoms with E-state index < -0.39 is 0 Å². The Bertz CT molecular complexity index is 738. The molecular formula is C21H25NO2. The van der Waals surface area contributed by atoms with Crippen LogP contribution < -0.4 is 0 Å². The van der Waals surface area contributed by atoms with Gasteiger partial charge in [-0.1, -0.05) is 50.2 Å². The highest BCUT2D eigenvalue weighted by Gasteiger charge is 2.33. The van der Waals surface area contributed by atoms with E-state index in [1.807, 2.05) is 29.2 Å². The first-order valence-corrected chi connectivity index (χ1v) is 8.81. The van der Waals surface area contributed by atoms with E-state index in [1.54, 1.807) is 0 Å². The summed E-state index contributed by atoms with van der Waals surface area (Å²) in [5.74, 6) is 0.0710. The Kier molecular flexibility index (Phi) is 5.00. The molecule has 3 nitrogen and oxygen atoms in total. The van der Waals surface area contributed by atoms with Crippen LogP contribution >= 0.6 is 0 Å². The summed E-state index contributed by atoms with van der Waals surface area (Å²) >= 11 is 0. The van der Waals surface area contributed by atoms with E-state index in [0.29, 0.717) is 13.0 Å². The van der Waals surface area contributed by atoms with E-state index in [-0.39, 0.29) is 18.6 Å². The Labute approximate surface area is 143 Å². The van der Waals surface area contributed by atoms with Gasteiger partial charge in [0.25, 0.3) is 5.91 Å². The van der Waals surface area contributed by atoms with Gasteiger partial charge < -0.3 is 10.0 Å². The second-order valence-corrected chi connectivity index (χ2v) is 6.35. The summed E-state index contributed by atoms with van der Waals surface area (Å²) in [6.07, 6.45) is 2.56. The normalized spacial score (nSPS) is 14.8. The SMILES string of the molecule is CCc1ccc(C(CCO)N2Cc3ccccc3C2=O)cc1CC. The van der Waals surface area contributed by atoms with Gasteiger partial charge in [0, 0.05) is 18.7 Å². The monoisotopic (exact) mass is 323 g/mol.